The molecule has 0 fully saturated rings. The number of nitrogens with zero attached hydrogens (tertiary/aromatic N) is 2. The van der Waals surface area contributed by atoms with E-state index in [1.165, 1.54) is 16.3 Å². The van der Waals surface area contributed by atoms with Gasteiger partial charge >= 0.3 is 0 Å². The van der Waals surface area contributed by atoms with Crippen molar-refractivity contribution in [3.8, 4) is 11.5 Å². The minimum Gasteiger partial charge on any atom is -0.493 e. The van der Waals surface area contributed by atoms with Crippen LogP contribution in [0.4, 0.5) is 5.69 Å². The van der Waals surface area contributed by atoms with Crippen LogP contribution >= 0.6 is 11.8 Å². The van der Waals surface area contributed by atoms with Crippen LogP contribution in [0.2, 0.25) is 0 Å². The van der Waals surface area contributed by atoms with Crippen molar-refractivity contribution in [3.05, 3.63) is 88.2 Å². The zero-order valence-corrected chi connectivity index (χ0v) is 23.5. The molecule has 0 aliphatic rings. The second-order valence-electron chi connectivity index (χ2n) is 9.11. The third kappa shape index (κ3) is 7.41. The fourth-order valence-electron chi connectivity index (χ4n) is 4.10. The Morgan fingerprint density at radius 1 is 0.950 bits per heavy atom. The van der Waals surface area contributed by atoms with Crippen molar-refractivity contribution >= 4 is 40.2 Å². The molecule has 1 aromatic heterocycles. The van der Waals surface area contributed by atoms with Crippen LogP contribution in [0.3, 0.4) is 0 Å². The van der Waals surface area contributed by atoms with Gasteiger partial charge in [0.25, 0.3) is 5.56 Å². The average Bonchev–Trinajstić information content (AvgIpc) is 2.96. The first-order chi connectivity index (χ1) is 19.4. The molecular formula is C30H32N4O5S. The summed E-state index contributed by atoms with van der Waals surface area (Å²) in [7, 11) is 3.16. The van der Waals surface area contributed by atoms with Gasteiger partial charge in [-0.05, 0) is 55.3 Å². The van der Waals surface area contributed by atoms with Crippen LogP contribution in [-0.4, -0.2) is 47.9 Å². The Morgan fingerprint density at radius 3 is 2.45 bits per heavy atom. The molecule has 4 aromatic rings. The van der Waals surface area contributed by atoms with Crippen LogP contribution in [0.1, 0.15) is 17.5 Å². The highest BCUT2D eigenvalue weighted by atomic mass is 32.2. The smallest absolute Gasteiger partial charge is 0.262 e. The number of hydrogen-bond donors (Lipinski definition) is 2. The van der Waals surface area contributed by atoms with Crippen molar-refractivity contribution in [2.45, 2.75) is 31.5 Å². The number of aryl methyl sites for hydroxylation is 1. The number of aromatic nitrogens is 2. The molecule has 10 heteroatoms. The fraction of sp³-hybridized carbons (Fsp3) is 0.267. The van der Waals surface area contributed by atoms with E-state index in [1.807, 2.05) is 55.5 Å². The number of fused-ring (bicyclic) bond motifs is 1. The van der Waals surface area contributed by atoms with Crippen molar-refractivity contribution in [1.29, 1.82) is 0 Å². The van der Waals surface area contributed by atoms with Crippen molar-refractivity contribution in [1.82, 2.24) is 14.9 Å². The average molecular weight is 561 g/mol. The minimum absolute atomic E-state index is 0.0657. The van der Waals surface area contributed by atoms with Gasteiger partial charge in [-0.15, -0.1) is 0 Å². The largest absolute Gasteiger partial charge is 0.493 e. The van der Waals surface area contributed by atoms with Gasteiger partial charge < -0.3 is 20.1 Å². The summed E-state index contributed by atoms with van der Waals surface area (Å²) in [5.41, 5.74) is 3.09. The van der Waals surface area contributed by atoms with E-state index < -0.39 is 0 Å². The summed E-state index contributed by atoms with van der Waals surface area (Å²) in [5.74, 6) is 0.943. The van der Waals surface area contributed by atoms with E-state index in [1.54, 1.807) is 32.4 Å². The summed E-state index contributed by atoms with van der Waals surface area (Å²) in [6.45, 7) is 2.55. The Labute approximate surface area is 236 Å². The Bertz CT molecular complexity index is 1550. The van der Waals surface area contributed by atoms with E-state index in [0.29, 0.717) is 46.2 Å². The number of nitrogens with one attached hydrogen (secondary N) is 2. The number of amides is 2. The monoisotopic (exact) mass is 560 g/mol. The maximum Gasteiger partial charge on any atom is 0.262 e. The highest BCUT2D eigenvalue weighted by molar-refractivity contribution is 7.99. The van der Waals surface area contributed by atoms with Gasteiger partial charge in [0, 0.05) is 25.2 Å². The quantitative estimate of drug-likeness (QED) is 0.197. The molecule has 0 radical (unpaired) electrons. The number of methoxy groups -OCH3 is 2. The predicted octanol–water partition coefficient (Wildman–Crippen LogP) is 4.20. The van der Waals surface area contributed by atoms with E-state index in [2.05, 4.69) is 15.6 Å². The molecule has 0 spiro atoms. The first kappa shape index (κ1) is 28.7. The molecule has 4 rings (SSSR count). The molecule has 0 atom stereocenters. The van der Waals surface area contributed by atoms with Crippen LogP contribution in [0.15, 0.2) is 76.7 Å². The van der Waals surface area contributed by atoms with Crippen LogP contribution in [0.5, 0.6) is 11.5 Å². The molecule has 0 saturated heterocycles. The van der Waals surface area contributed by atoms with Gasteiger partial charge in [0.1, 0.15) is 0 Å². The van der Waals surface area contributed by atoms with E-state index in [9.17, 15) is 14.4 Å². The van der Waals surface area contributed by atoms with Gasteiger partial charge in [-0.2, -0.15) is 0 Å². The SMILES string of the molecule is COc1ccc(CCNC(=O)CCn2c(SCC(=O)Nc3ccc(C)cc3)nc3ccccc3c2=O)cc1OC. The van der Waals surface area contributed by atoms with Gasteiger partial charge in [0.05, 0.1) is 30.9 Å². The summed E-state index contributed by atoms with van der Waals surface area (Å²) in [6.07, 6.45) is 0.704. The Kier molecular flexibility index (Phi) is 9.80. The first-order valence-electron chi connectivity index (χ1n) is 12.8. The second kappa shape index (κ2) is 13.7. The van der Waals surface area contributed by atoms with Gasteiger partial charge in [0.15, 0.2) is 16.7 Å². The standard InChI is InChI=1S/C30H32N4O5S/c1-20-8-11-22(12-9-20)32-28(36)19-40-30-33-24-7-5-4-6-23(24)29(37)34(30)17-15-27(35)31-16-14-21-10-13-25(38-2)26(18-21)39-3/h4-13,18H,14-17,19H2,1-3H3,(H,31,35)(H,32,36). The number of rotatable bonds is 12. The van der Waals surface area contributed by atoms with Crippen LogP contribution in [-0.2, 0) is 22.6 Å². The minimum atomic E-state index is -0.245. The zero-order valence-electron chi connectivity index (χ0n) is 22.7. The molecule has 0 unspecified atom stereocenters. The van der Waals surface area contributed by atoms with Crippen molar-refractivity contribution in [3.63, 3.8) is 0 Å². The molecule has 9 nitrogen and oxygen atoms in total. The number of thioether (sulfide) groups is 1. The lowest BCUT2D eigenvalue weighted by Gasteiger charge is -2.13. The fourth-order valence-corrected chi connectivity index (χ4v) is 4.93. The summed E-state index contributed by atoms with van der Waals surface area (Å²) < 4.78 is 12.1. The normalized spacial score (nSPS) is 10.8. The molecule has 1 heterocycles. The molecule has 2 amide bonds. The zero-order chi connectivity index (χ0) is 28.5. The summed E-state index contributed by atoms with van der Waals surface area (Å²) in [4.78, 5) is 43.2. The highest BCUT2D eigenvalue weighted by Gasteiger charge is 2.15. The maximum atomic E-state index is 13.3. The summed E-state index contributed by atoms with van der Waals surface area (Å²) >= 11 is 1.17. The number of benzene rings is 3. The molecule has 0 bridgehead atoms. The third-order valence-corrected chi connectivity index (χ3v) is 7.22. The summed E-state index contributed by atoms with van der Waals surface area (Å²) in [6, 6.07) is 20.2. The number of carbonyl (C=O) groups excluding carboxylic acids is 2. The first-order valence-corrected chi connectivity index (χ1v) is 13.8. The topological polar surface area (TPSA) is 112 Å². The molecule has 2 N–H and O–H groups in total. The summed E-state index contributed by atoms with van der Waals surface area (Å²) in [5, 5.41) is 6.62. The van der Waals surface area contributed by atoms with E-state index >= 15 is 0 Å². The molecule has 40 heavy (non-hydrogen) atoms. The number of para-hydroxylation sites is 1. The lowest BCUT2D eigenvalue weighted by atomic mass is 10.1. The van der Waals surface area contributed by atoms with E-state index in [0.717, 1.165) is 11.1 Å². The van der Waals surface area contributed by atoms with Crippen molar-refractivity contribution < 1.29 is 19.1 Å². The second-order valence-corrected chi connectivity index (χ2v) is 10.1. The van der Waals surface area contributed by atoms with Crippen molar-refractivity contribution in [2.24, 2.45) is 0 Å². The van der Waals surface area contributed by atoms with Crippen LogP contribution in [0, 0.1) is 6.92 Å². The molecule has 208 valence electrons. The van der Waals surface area contributed by atoms with Crippen molar-refractivity contribution in [2.75, 3.05) is 31.8 Å². The van der Waals surface area contributed by atoms with Crippen LogP contribution in [0.25, 0.3) is 10.9 Å². The molecular weight excluding hydrogens is 528 g/mol. The lowest BCUT2D eigenvalue weighted by Crippen LogP contribution is -2.30. The lowest BCUT2D eigenvalue weighted by molar-refractivity contribution is -0.121. The van der Waals surface area contributed by atoms with Gasteiger partial charge in [0.2, 0.25) is 11.8 Å². The molecule has 3 aromatic carbocycles. The van der Waals surface area contributed by atoms with E-state index in [4.69, 9.17) is 9.47 Å². The van der Waals surface area contributed by atoms with Gasteiger partial charge in [-0.3, -0.25) is 19.0 Å². The predicted molar refractivity (Wildman–Crippen MR) is 157 cm³/mol. The maximum absolute atomic E-state index is 13.3. The number of anilines is 1. The number of hydrogen-bond acceptors (Lipinski definition) is 7. The third-order valence-electron chi connectivity index (χ3n) is 6.24. The Balaban J connectivity index is 1.39. The molecule has 0 aliphatic heterocycles. The Hall–Kier alpha value is -4.31. The number of carbonyl (C=O) groups is 2. The van der Waals surface area contributed by atoms with Gasteiger partial charge in [-0.25, -0.2) is 4.98 Å². The van der Waals surface area contributed by atoms with Gasteiger partial charge in [-0.1, -0.05) is 47.7 Å². The number of ether oxygens (including phenoxy) is 2. The highest BCUT2D eigenvalue weighted by Crippen LogP contribution is 2.27. The molecule has 0 saturated carbocycles. The van der Waals surface area contributed by atoms with E-state index in [-0.39, 0.29) is 36.1 Å². The Morgan fingerprint density at radius 2 is 1.70 bits per heavy atom. The van der Waals surface area contributed by atoms with Crippen LogP contribution < -0.4 is 25.7 Å². The molecule has 0 aliphatic carbocycles.